The van der Waals surface area contributed by atoms with Crippen molar-refractivity contribution < 1.29 is 27.9 Å². The highest BCUT2D eigenvalue weighted by Crippen LogP contribution is 2.22. The van der Waals surface area contributed by atoms with Gasteiger partial charge in [-0.05, 0) is 13.8 Å². The molecule has 0 unspecified atom stereocenters. The van der Waals surface area contributed by atoms with Gasteiger partial charge in [-0.3, -0.25) is 4.84 Å². The smallest absolute Gasteiger partial charge is 0.352 e. The zero-order chi connectivity index (χ0) is 14.6. The minimum atomic E-state index is -3.94. The molecule has 1 heterocycles. The van der Waals surface area contributed by atoms with Crippen LogP contribution < -0.4 is 4.89 Å². The Balaban J connectivity index is 2.99. The zero-order valence-corrected chi connectivity index (χ0v) is 11.6. The highest BCUT2D eigenvalue weighted by atomic mass is 32.2. The molecule has 1 rings (SSSR count). The Morgan fingerprint density at radius 3 is 2.47 bits per heavy atom. The average Bonchev–Trinajstić information content (AvgIpc) is 2.61. The fourth-order valence-corrected chi connectivity index (χ4v) is 2.92. The van der Waals surface area contributed by atoms with E-state index >= 15 is 0 Å². The molecule has 1 aromatic heterocycles. The molecule has 19 heavy (non-hydrogen) atoms. The maximum Gasteiger partial charge on any atom is 0.352 e. The number of aromatic amines is 1. The van der Waals surface area contributed by atoms with E-state index in [1.54, 1.807) is 0 Å². The molecule has 0 bridgehead atoms. The molecule has 3 N–H and O–H groups in total. The van der Waals surface area contributed by atoms with Crippen LogP contribution in [0.25, 0.3) is 0 Å². The van der Waals surface area contributed by atoms with Crippen LogP contribution in [0.2, 0.25) is 0 Å². The lowest BCUT2D eigenvalue weighted by Crippen LogP contribution is -2.26. The Labute approximate surface area is 110 Å². The molecule has 0 atom stereocenters. The lowest BCUT2D eigenvalue weighted by molar-refractivity contribution is 0.0438. The number of carbonyl (C=O) groups is 1. The van der Waals surface area contributed by atoms with E-state index < -0.39 is 16.0 Å². The van der Waals surface area contributed by atoms with Crippen LogP contribution in [0.3, 0.4) is 0 Å². The predicted octanol–water partition coefficient (Wildman–Crippen LogP) is 0.186. The van der Waals surface area contributed by atoms with Gasteiger partial charge in [0.25, 0.3) is 10.0 Å². The Hall–Kier alpha value is -1.42. The van der Waals surface area contributed by atoms with Crippen LogP contribution in [0.1, 0.15) is 21.7 Å². The predicted molar refractivity (Wildman–Crippen MR) is 65.4 cm³/mol. The first-order chi connectivity index (χ1) is 8.81. The second kappa shape index (κ2) is 6.15. The molecule has 0 aliphatic heterocycles. The highest BCUT2D eigenvalue weighted by molar-refractivity contribution is 7.89. The van der Waals surface area contributed by atoms with Gasteiger partial charge in [-0.15, -0.1) is 0 Å². The standard InChI is InChI=1S/C10H16N2O6S/c1-6-8(10(13)14)11-7(2)9(6)19(15,16)12-18-5-4-17-3/h11-12H,4-5H2,1-3H3,(H,13,14). The molecule has 0 amide bonds. The molecule has 0 aliphatic carbocycles. The van der Waals surface area contributed by atoms with E-state index in [4.69, 9.17) is 14.7 Å². The number of nitrogens with one attached hydrogen (secondary N) is 2. The highest BCUT2D eigenvalue weighted by Gasteiger charge is 2.26. The molecule has 0 saturated heterocycles. The molecule has 1 aromatic rings. The van der Waals surface area contributed by atoms with Crippen LogP contribution in [0.15, 0.2) is 4.90 Å². The molecule has 0 aliphatic rings. The van der Waals surface area contributed by atoms with Crippen LogP contribution in [0, 0.1) is 13.8 Å². The van der Waals surface area contributed by atoms with Gasteiger partial charge in [0.1, 0.15) is 10.6 Å². The number of sulfonamides is 1. The third kappa shape index (κ3) is 3.53. The van der Waals surface area contributed by atoms with Gasteiger partial charge in [0.2, 0.25) is 0 Å². The number of rotatable bonds is 7. The maximum absolute atomic E-state index is 12.0. The van der Waals surface area contributed by atoms with E-state index in [1.165, 1.54) is 21.0 Å². The van der Waals surface area contributed by atoms with E-state index in [9.17, 15) is 13.2 Å². The van der Waals surface area contributed by atoms with E-state index in [1.807, 2.05) is 4.89 Å². The fourth-order valence-electron chi connectivity index (χ4n) is 1.64. The Morgan fingerprint density at radius 2 is 2.00 bits per heavy atom. The first-order valence-corrected chi connectivity index (χ1v) is 6.84. The fraction of sp³-hybridized carbons (Fsp3) is 0.500. The third-order valence-corrected chi connectivity index (χ3v) is 3.90. The van der Waals surface area contributed by atoms with Crippen molar-refractivity contribution in [3.8, 4) is 0 Å². The van der Waals surface area contributed by atoms with Gasteiger partial charge in [0, 0.05) is 18.4 Å². The summed E-state index contributed by atoms with van der Waals surface area (Å²) in [7, 11) is -2.48. The van der Waals surface area contributed by atoms with Gasteiger partial charge in [-0.1, -0.05) is 4.89 Å². The third-order valence-electron chi connectivity index (χ3n) is 2.41. The molecule has 0 spiro atoms. The summed E-state index contributed by atoms with van der Waals surface area (Å²) in [5, 5.41) is 8.92. The van der Waals surface area contributed by atoms with Crippen molar-refractivity contribution >= 4 is 16.0 Å². The van der Waals surface area contributed by atoms with E-state index in [0.29, 0.717) is 0 Å². The Kier molecular flexibility index (Phi) is 5.06. The van der Waals surface area contributed by atoms with E-state index in [2.05, 4.69) is 4.98 Å². The number of H-pyrrole nitrogens is 1. The van der Waals surface area contributed by atoms with Crippen LogP contribution in [0.5, 0.6) is 0 Å². The first kappa shape index (κ1) is 15.6. The lowest BCUT2D eigenvalue weighted by Gasteiger charge is -2.07. The minimum Gasteiger partial charge on any atom is -0.477 e. The molecule has 0 fully saturated rings. The van der Waals surface area contributed by atoms with Gasteiger partial charge in [-0.2, -0.15) is 0 Å². The zero-order valence-electron chi connectivity index (χ0n) is 10.8. The van der Waals surface area contributed by atoms with Crippen molar-refractivity contribution in [2.75, 3.05) is 20.3 Å². The van der Waals surface area contributed by atoms with Crippen LogP contribution >= 0.6 is 0 Å². The number of ether oxygens (including phenoxy) is 1. The van der Waals surface area contributed by atoms with Crippen molar-refractivity contribution in [3.63, 3.8) is 0 Å². The van der Waals surface area contributed by atoms with Gasteiger partial charge in [0.05, 0.1) is 13.2 Å². The minimum absolute atomic E-state index is 0.0457. The number of hydrogen-bond acceptors (Lipinski definition) is 5. The van der Waals surface area contributed by atoms with E-state index in [0.717, 1.165) is 0 Å². The summed E-state index contributed by atoms with van der Waals surface area (Å²) in [6.45, 7) is 3.16. The summed E-state index contributed by atoms with van der Waals surface area (Å²) < 4.78 is 28.7. The van der Waals surface area contributed by atoms with Crippen LogP contribution in [-0.4, -0.2) is 44.8 Å². The number of aromatic nitrogens is 1. The van der Waals surface area contributed by atoms with Crippen molar-refractivity contribution in [1.82, 2.24) is 9.87 Å². The number of methoxy groups -OCH3 is 1. The first-order valence-electron chi connectivity index (χ1n) is 5.36. The second-order valence-corrected chi connectivity index (χ2v) is 5.39. The second-order valence-electron chi connectivity index (χ2n) is 3.81. The monoisotopic (exact) mass is 292 g/mol. The quantitative estimate of drug-likeness (QED) is 0.487. The summed E-state index contributed by atoms with van der Waals surface area (Å²) >= 11 is 0. The number of aryl methyl sites for hydroxylation is 1. The topological polar surface area (TPSA) is 118 Å². The summed E-state index contributed by atoms with van der Waals surface area (Å²) in [5.74, 6) is -1.22. The molecule has 0 aromatic carbocycles. The van der Waals surface area contributed by atoms with Crippen LogP contribution in [0.4, 0.5) is 0 Å². The largest absolute Gasteiger partial charge is 0.477 e. The number of hydrogen-bond donors (Lipinski definition) is 3. The van der Waals surface area contributed by atoms with Gasteiger partial charge < -0.3 is 14.8 Å². The number of aromatic carboxylic acids is 1. The average molecular weight is 292 g/mol. The SMILES string of the molecule is COCCONS(=O)(=O)c1c(C)[nH]c(C(=O)O)c1C. The molecule has 0 saturated carbocycles. The summed E-state index contributed by atoms with van der Waals surface area (Å²) in [5.41, 5.74) is 0.209. The van der Waals surface area contributed by atoms with Crippen LogP contribution in [-0.2, 0) is 19.6 Å². The van der Waals surface area contributed by atoms with E-state index in [-0.39, 0.29) is 35.1 Å². The molecule has 108 valence electrons. The Bertz CT molecular complexity index is 563. The summed E-state index contributed by atoms with van der Waals surface area (Å²) in [6, 6.07) is 0. The summed E-state index contributed by atoms with van der Waals surface area (Å²) in [6.07, 6.45) is 0. The number of carboxylic acids is 1. The normalized spacial score (nSPS) is 11.7. The number of carboxylic acid groups (broad SMARTS) is 1. The van der Waals surface area contributed by atoms with Gasteiger partial charge in [0.15, 0.2) is 0 Å². The van der Waals surface area contributed by atoms with Crippen molar-refractivity contribution in [2.45, 2.75) is 18.7 Å². The molecule has 0 radical (unpaired) electrons. The van der Waals surface area contributed by atoms with Gasteiger partial charge in [-0.25, -0.2) is 13.2 Å². The maximum atomic E-state index is 12.0. The van der Waals surface area contributed by atoms with Gasteiger partial charge >= 0.3 is 5.97 Å². The molecular formula is C10H16N2O6S. The lowest BCUT2D eigenvalue weighted by atomic mass is 10.2. The molecule has 9 heteroatoms. The summed E-state index contributed by atoms with van der Waals surface area (Å²) in [4.78, 5) is 20.0. The Morgan fingerprint density at radius 1 is 1.37 bits per heavy atom. The molecular weight excluding hydrogens is 276 g/mol. The van der Waals surface area contributed by atoms with Crippen molar-refractivity contribution in [3.05, 3.63) is 17.0 Å². The van der Waals surface area contributed by atoms with Crippen molar-refractivity contribution in [2.24, 2.45) is 0 Å². The molecule has 8 nitrogen and oxygen atoms in total. The van der Waals surface area contributed by atoms with Crippen molar-refractivity contribution in [1.29, 1.82) is 0 Å².